The largest absolute Gasteiger partial charge is 0.370 e. The summed E-state index contributed by atoms with van der Waals surface area (Å²) in [4.78, 5) is 12.9. The van der Waals surface area contributed by atoms with E-state index in [1.165, 1.54) is 0 Å². The van der Waals surface area contributed by atoms with Crippen LogP contribution in [0.5, 0.6) is 0 Å². The first kappa shape index (κ1) is 16.9. The lowest BCUT2D eigenvalue weighted by molar-refractivity contribution is 0.369. The molecule has 0 amide bonds. The summed E-state index contributed by atoms with van der Waals surface area (Å²) >= 11 is 0. The Labute approximate surface area is 136 Å². The van der Waals surface area contributed by atoms with Gasteiger partial charge in [-0.15, -0.1) is 0 Å². The van der Waals surface area contributed by atoms with Crippen molar-refractivity contribution >= 4 is 5.96 Å². The number of hydrogen-bond acceptors (Lipinski definition) is 5. The van der Waals surface area contributed by atoms with Crippen molar-refractivity contribution in [3.05, 3.63) is 41.8 Å². The van der Waals surface area contributed by atoms with Crippen LogP contribution in [0.2, 0.25) is 0 Å². The first-order valence-corrected chi connectivity index (χ1v) is 7.91. The van der Waals surface area contributed by atoms with Gasteiger partial charge in [-0.05, 0) is 18.6 Å². The van der Waals surface area contributed by atoms with Crippen LogP contribution in [-0.4, -0.2) is 34.2 Å². The van der Waals surface area contributed by atoms with Gasteiger partial charge in [0, 0.05) is 43.7 Å². The average Bonchev–Trinajstić information content (AvgIpc) is 3.02. The molecule has 0 aromatic carbocycles. The molecule has 0 aliphatic heterocycles. The van der Waals surface area contributed by atoms with Crippen LogP contribution in [0.3, 0.4) is 0 Å². The fourth-order valence-electron chi connectivity index (χ4n) is 1.95. The van der Waals surface area contributed by atoms with E-state index >= 15 is 0 Å². The Morgan fingerprint density at radius 1 is 1.35 bits per heavy atom. The number of rotatable bonds is 8. The zero-order valence-corrected chi connectivity index (χ0v) is 13.7. The molecule has 7 nitrogen and oxygen atoms in total. The fraction of sp³-hybridized carbons (Fsp3) is 0.500. The predicted molar refractivity (Wildman–Crippen MR) is 89.1 cm³/mol. The number of nitrogens with zero attached hydrogens (tertiary/aromatic N) is 4. The lowest BCUT2D eigenvalue weighted by Crippen LogP contribution is -2.33. The molecule has 0 radical (unpaired) electrons. The van der Waals surface area contributed by atoms with Gasteiger partial charge < -0.3 is 15.6 Å². The van der Waals surface area contributed by atoms with Crippen molar-refractivity contribution < 1.29 is 4.52 Å². The Balaban J connectivity index is 1.62. The molecular weight excluding hydrogens is 292 g/mol. The molecule has 0 aliphatic carbocycles. The van der Waals surface area contributed by atoms with E-state index in [0.717, 1.165) is 24.4 Å². The van der Waals surface area contributed by atoms with Crippen LogP contribution in [0, 0.1) is 0 Å². The van der Waals surface area contributed by atoms with Gasteiger partial charge in [-0.3, -0.25) is 9.98 Å². The Hall–Kier alpha value is -2.44. The first-order valence-electron chi connectivity index (χ1n) is 7.91. The van der Waals surface area contributed by atoms with Crippen molar-refractivity contribution in [2.75, 3.05) is 13.1 Å². The van der Waals surface area contributed by atoms with Crippen LogP contribution >= 0.6 is 0 Å². The molecule has 0 aliphatic rings. The summed E-state index contributed by atoms with van der Waals surface area (Å²) in [6.45, 7) is 5.42. The minimum Gasteiger partial charge on any atom is -0.370 e. The summed E-state index contributed by atoms with van der Waals surface area (Å²) in [6.07, 6.45) is 4.14. The minimum absolute atomic E-state index is 0.282. The third kappa shape index (κ3) is 6.06. The molecule has 23 heavy (non-hydrogen) atoms. The minimum atomic E-state index is 0.282. The van der Waals surface area contributed by atoms with Crippen LogP contribution in [0.25, 0.3) is 0 Å². The average molecular weight is 316 g/mol. The highest BCUT2D eigenvalue weighted by molar-refractivity contribution is 5.77. The molecule has 124 valence electrons. The van der Waals surface area contributed by atoms with E-state index in [4.69, 9.17) is 10.3 Å². The molecule has 0 unspecified atom stereocenters. The quantitative estimate of drug-likeness (QED) is 0.436. The summed E-state index contributed by atoms with van der Waals surface area (Å²) in [5.74, 6) is 2.14. The van der Waals surface area contributed by atoms with Gasteiger partial charge in [-0.1, -0.05) is 25.1 Å². The lowest BCUT2D eigenvalue weighted by atomic mass is 10.2. The Morgan fingerprint density at radius 2 is 2.22 bits per heavy atom. The number of guanidine groups is 1. The van der Waals surface area contributed by atoms with E-state index in [2.05, 4.69) is 25.4 Å². The number of nitrogens with one attached hydrogen (secondary N) is 1. The van der Waals surface area contributed by atoms with Crippen molar-refractivity contribution in [1.82, 2.24) is 20.4 Å². The van der Waals surface area contributed by atoms with Gasteiger partial charge in [-0.25, -0.2) is 0 Å². The van der Waals surface area contributed by atoms with Crippen molar-refractivity contribution in [1.29, 1.82) is 0 Å². The number of aliphatic imine (C=N–C) groups is 1. The first-order chi connectivity index (χ1) is 11.1. The predicted octanol–water partition coefficient (Wildman–Crippen LogP) is 1.67. The standard InChI is InChI=1S/C16H24N6O/c1-12(2)15-21-14(23-22-15)7-5-10-19-16(17)20-11-8-13-6-3-4-9-18-13/h3-4,6,9,12H,5,7-8,10-11H2,1-2H3,(H3,17,19,20). The molecule has 3 N–H and O–H groups in total. The van der Waals surface area contributed by atoms with Gasteiger partial charge in [0.05, 0.1) is 0 Å². The van der Waals surface area contributed by atoms with E-state index < -0.39 is 0 Å². The van der Waals surface area contributed by atoms with Crippen molar-refractivity contribution in [3.8, 4) is 0 Å². The topological polar surface area (TPSA) is 102 Å². The van der Waals surface area contributed by atoms with E-state index in [1.54, 1.807) is 6.20 Å². The van der Waals surface area contributed by atoms with Gasteiger partial charge in [0.25, 0.3) is 0 Å². The maximum Gasteiger partial charge on any atom is 0.226 e. The van der Waals surface area contributed by atoms with Crippen LogP contribution < -0.4 is 11.1 Å². The second-order valence-corrected chi connectivity index (χ2v) is 5.57. The van der Waals surface area contributed by atoms with E-state index in [1.807, 2.05) is 32.0 Å². The Kier molecular flexibility index (Phi) is 6.53. The normalized spacial score (nSPS) is 11.9. The smallest absolute Gasteiger partial charge is 0.226 e. The van der Waals surface area contributed by atoms with Gasteiger partial charge in [-0.2, -0.15) is 4.98 Å². The zero-order valence-electron chi connectivity index (χ0n) is 13.7. The van der Waals surface area contributed by atoms with Gasteiger partial charge in [0.1, 0.15) is 0 Å². The monoisotopic (exact) mass is 316 g/mol. The van der Waals surface area contributed by atoms with Crippen molar-refractivity contribution in [3.63, 3.8) is 0 Å². The number of nitrogens with two attached hydrogens (primary N) is 1. The van der Waals surface area contributed by atoms with E-state index in [9.17, 15) is 0 Å². The number of aryl methyl sites for hydroxylation is 1. The summed E-state index contributed by atoms with van der Waals surface area (Å²) in [5.41, 5.74) is 6.86. The summed E-state index contributed by atoms with van der Waals surface area (Å²) in [7, 11) is 0. The number of aromatic nitrogens is 3. The fourth-order valence-corrected chi connectivity index (χ4v) is 1.95. The number of pyridine rings is 1. The van der Waals surface area contributed by atoms with Gasteiger partial charge >= 0.3 is 0 Å². The van der Waals surface area contributed by atoms with Gasteiger partial charge in [0.15, 0.2) is 11.8 Å². The zero-order chi connectivity index (χ0) is 16.5. The lowest BCUT2D eigenvalue weighted by Gasteiger charge is -2.05. The molecule has 2 heterocycles. The van der Waals surface area contributed by atoms with Crippen LogP contribution in [0.15, 0.2) is 33.9 Å². The second-order valence-electron chi connectivity index (χ2n) is 5.57. The highest BCUT2D eigenvalue weighted by Crippen LogP contribution is 2.10. The Morgan fingerprint density at radius 3 is 2.91 bits per heavy atom. The molecule has 2 aromatic rings. The third-order valence-electron chi connectivity index (χ3n) is 3.24. The molecule has 0 saturated heterocycles. The molecule has 0 fully saturated rings. The van der Waals surface area contributed by atoms with Crippen molar-refractivity contribution in [2.24, 2.45) is 10.7 Å². The van der Waals surface area contributed by atoms with Gasteiger partial charge in [0.2, 0.25) is 5.89 Å². The highest BCUT2D eigenvalue weighted by Gasteiger charge is 2.08. The summed E-state index contributed by atoms with van der Waals surface area (Å²) in [5, 5.41) is 7.02. The molecule has 0 bridgehead atoms. The second kappa shape index (κ2) is 8.87. The highest BCUT2D eigenvalue weighted by atomic mass is 16.5. The maximum absolute atomic E-state index is 5.83. The molecule has 0 spiro atoms. The third-order valence-corrected chi connectivity index (χ3v) is 3.24. The summed E-state index contributed by atoms with van der Waals surface area (Å²) < 4.78 is 5.18. The molecule has 0 atom stereocenters. The van der Waals surface area contributed by atoms with E-state index in [-0.39, 0.29) is 5.92 Å². The molecule has 7 heteroatoms. The Bertz CT molecular complexity index is 608. The summed E-state index contributed by atoms with van der Waals surface area (Å²) in [6, 6.07) is 5.87. The molecule has 2 aromatic heterocycles. The SMILES string of the molecule is CC(C)c1noc(CCCN=C(N)NCCc2ccccn2)n1. The molecule has 0 saturated carbocycles. The molecule has 2 rings (SSSR count). The van der Waals surface area contributed by atoms with Crippen LogP contribution in [0.4, 0.5) is 0 Å². The number of hydrogen-bond donors (Lipinski definition) is 2. The molecular formula is C16H24N6O. The van der Waals surface area contributed by atoms with Crippen molar-refractivity contribution in [2.45, 2.75) is 39.0 Å². The van der Waals surface area contributed by atoms with Crippen LogP contribution in [0.1, 0.15) is 43.6 Å². The van der Waals surface area contributed by atoms with E-state index in [0.29, 0.717) is 31.4 Å². The van der Waals surface area contributed by atoms with Crippen LogP contribution in [-0.2, 0) is 12.8 Å². The maximum atomic E-state index is 5.83.